The molecule has 0 atom stereocenters. The van der Waals surface area contributed by atoms with E-state index in [9.17, 15) is 9.18 Å². The summed E-state index contributed by atoms with van der Waals surface area (Å²) in [7, 11) is 0. The van der Waals surface area contributed by atoms with Crippen molar-refractivity contribution in [1.29, 1.82) is 0 Å². The molecule has 0 spiro atoms. The number of rotatable bonds is 7. The zero-order valence-corrected chi connectivity index (χ0v) is 13.6. The molecule has 0 aliphatic heterocycles. The molecule has 1 amide bonds. The molecule has 4 nitrogen and oxygen atoms in total. The minimum Gasteiger partial charge on any atom is -0.493 e. The van der Waals surface area contributed by atoms with Gasteiger partial charge in [0.2, 0.25) is 0 Å². The van der Waals surface area contributed by atoms with Gasteiger partial charge in [0.25, 0.3) is 5.24 Å². The Morgan fingerprint density at radius 3 is 2.57 bits per heavy atom. The van der Waals surface area contributed by atoms with E-state index in [0.717, 1.165) is 0 Å². The highest BCUT2D eigenvalue weighted by Crippen LogP contribution is 2.24. The van der Waals surface area contributed by atoms with E-state index < -0.39 is 0 Å². The van der Waals surface area contributed by atoms with E-state index in [-0.39, 0.29) is 11.1 Å². The molecule has 122 valence electrons. The van der Waals surface area contributed by atoms with Crippen LogP contribution < -0.4 is 14.8 Å². The summed E-state index contributed by atoms with van der Waals surface area (Å²) in [6.07, 6.45) is 0. The van der Waals surface area contributed by atoms with Crippen molar-refractivity contribution in [3.05, 3.63) is 54.3 Å². The largest absolute Gasteiger partial charge is 0.493 e. The summed E-state index contributed by atoms with van der Waals surface area (Å²) < 4.78 is 24.2. The molecule has 6 heteroatoms. The highest BCUT2D eigenvalue weighted by molar-refractivity contribution is 8.13. The summed E-state index contributed by atoms with van der Waals surface area (Å²) in [6.45, 7) is 2.94. The first kappa shape index (κ1) is 17.1. The summed E-state index contributed by atoms with van der Waals surface area (Å²) in [5.74, 6) is 1.96. The Morgan fingerprint density at radius 1 is 1.13 bits per heavy atom. The molecule has 2 rings (SSSR count). The summed E-state index contributed by atoms with van der Waals surface area (Å²) in [6, 6.07) is 13.0. The average Bonchev–Trinajstić information content (AvgIpc) is 2.53. The molecule has 0 saturated carbocycles. The van der Waals surface area contributed by atoms with Crippen LogP contribution in [-0.2, 0) is 0 Å². The molecular formula is C17H18FNO3S. The van der Waals surface area contributed by atoms with Crippen molar-refractivity contribution < 1.29 is 18.7 Å². The second-order valence-electron chi connectivity index (χ2n) is 4.55. The molecule has 23 heavy (non-hydrogen) atoms. The van der Waals surface area contributed by atoms with E-state index in [4.69, 9.17) is 9.47 Å². The second-order valence-corrected chi connectivity index (χ2v) is 5.61. The van der Waals surface area contributed by atoms with Crippen molar-refractivity contribution in [3.8, 4) is 17.2 Å². The third-order valence-corrected chi connectivity index (χ3v) is 3.54. The normalized spacial score (nSPS) is 10.2. The van der Waals surface area contributed by atoms with Crippen molar-refractivity contribution in [2.75, 3.05) is 18.9 Å². The van der Waals surface area contributed by atoms with Crippen LogP contribution in [0.15, 0.2) is 48.5 Å². The van der Waals surface area contributed by atoms with Crippen molar-refractivity contribution in [2.45, 2.75) is 6.92 Å². The Labute approximate surface area is 139 Å². The van der Waals surface area contributed by atoms with Crippen molar-refractivity contribution in [1.82, 2.24) is 5.32 Å². The zero-order valence-electron chi connectivity index (χ0n) is 12.8. The average molecular weight is 335 g/mol. The number of hydrogen-bond acceptors (Lipinski definition) is 4. The lowest BCUT2D eigenvalue weighted by Gasteiger charge is -2.08. The van der Waals surface area contributed by atoms with Gasteiger partial charge in [0.15, 0.2) is 0 Å². The van der Waals surface area contributed by atoms with Gasteiger partial charge in [-0.15, -0.1) is 0 Å². The summed E-state index contributed by atoms with van der Waals surface area (Å²) in [4.78, 5) is 11.2. The first-order valence-electron chi connectivity index (χ1n) is 7.24. The van der Waals surface area contributed by atoms with Crippen LogP contribution in [0.3, 0.4) is 0 Å². The van der Waals surface area contributed by atoms with Crippen LogP contribution in [-0.4, -0.2) is 24.1 Å². The highest BCUT2D eigenvalue weighted by atomic mass is 32.2. The number of ether oxygens (including phenoxy) is 2. The molecule has 0 bridgehead atoms. The first-order chi connectivity index (χ1) is 11.2. The van der Waals surface area contributed by atoms with Crippen molar-refractivity contribution in [2.24, 2.45) is 0 Å². The smallest absolute Gasteiger partial charge is 0.279 e. The Hall–Kier alpha value is -2.21. The van der Waals surface area contributed by atoms with Crippen LogP contribution in [0, 0.1) is 5.82 Å². The van der Waals surface area contributed by atoms with Gasteiger partial charge in [-0.05, 0) is 43.3 Å². The van der Waals surface area contributed by atoms with Crippen LogP contribution in [0.25, 0.3) is 0 Å². The van der Waals surface area contributed by atoms with Gasteiger partial charge in [0.05, 0.1) is 6.61 Å². The molecular weight excluding hydrogens is 317 g/mol. The fourth-order valence-corrected chi connectivity index (χ4v) is 2.36. The molecule has 2 aromatic rings. The number of carbonyl (C=O) groups is 1. The summed E-state index contributed by atoms with van der Waals surface area (Å²) >= 11 is 1.19. The quantitative estimate of drug-likeness (QED) is 0.759. The van der Waals surface area contributed by atoms with E-state index in [0.29, 0.717) is 36.2 Å². The maximum atomic E-state index is 13.1. The Balaban J connectivity index is 1.77. The Morgan fingerprint density at radius 2 is 1.87 bits per heavy atom. The summed E-state index contributed by atoms with van der Waals surface area (Å²) in [5, 5.41) is 2.66. The number of carbonyl (C=O) groups excluding carboxylic acids is 1. The number of hydrogen-bond donors (Lipinski definition) is 1. The van der Waals surface area contributed by atoms with Gasteiger partial charge in [0.1, 0.15) is 23.1 Å². The fraction of sp³-hybridized carbons (Fsp3) is 0.235. The Kier molecular flexibility index (Phi) is 6.75. The van der Waals surface area contributed by atoms with Gasteiger partial charge in [-0.1, -0.05) is 17.8 Å². The first-order valence-corrected chi connectivity index (χ1v) is 8.23. The molecule has 0 unspecified atom stereocenters. The van der Waals surface area contributed by atoms with Crippen LogP contribution in [0.5, 0.6) is 17.2 Å². The lowest BCUT2D eigenvalue weighted by Crippen LogP contribution is -2.18. The predicted octanol–water partition coefficient (Wildman–Crippen LogP) is 4.46. The molecule has 0 aliphatic rings. The van der Waals surface area contributed by atoms with Gasteiger partial charge < -0.3 is 14.8 Å². The topological polar surface area (TPSA) is 47.6 Å². The van der Waals surface area contributed by atoms with E-state index in [1.54, 1.807) is 36.4 Å². The van der Waals surface area contributed by atoms with Gasteiger partial charge in [-0.3, -0.25) is 4.79 Å². The molecule has 0 fully saturated rings. The predicted molar refractivity (Wildman–Crippen MR) is 89.9 cm³/mol. The minimum atomic E-state index is -0.341. The van der Waals surface area contributed by atoms with Gasteiger partial charge in [-0.25, -0.2) is 4.39 Å². The van der Waals surface area contributed by atoms with E-state index in [2.05, 4.69) is 5.32 Å². The maximum absolute atomic E-state index is 13.1. The standard InChI is InChI=1S/C17H18FNO3S/c1-2-19-17(20)23-11-10-21-14-6-8-15(9-7-14)22-16-5-3-4-13(18)12-16/h3-9,12H,2,10-11H2,1H3,(H,19,20). The zero-order chi connectivity index (χ0) is 16.5. The molecule has 0 heterocycles. The van der Waals surface area contributed by atoms with Crippen LogP contribution in [0.4, 0.5) is 9.18 Å². The van der Waals surface area contributed by atoms with Crippen molar-refractivity contribution in [3.63, 3.8) is 0 Å². The van der Waals surface area contributed by atoms with E-state index in [1.807, 2.05) is 6.92 Å². The third kappa shape index (κ3) is 6.20. The van der Waals surface area contributed by atoms with E-state index in [1.165, 1.54) is 23.9 Å². The number of thioether (sulfide) groups is 1. The van der Waals surface area contributed by atoms with Crippen molar-refractivity contribution >= 4 is 17.0 Å². The second kappa shape index (κ2) is 9.05. The molecule has 1 N–H and O–H groups in total. The van der Waals surface area contributed by atoms with Gasteiger partial charge in [0, 0.05) is 18.4 Å². The molecule has 2 aromatic carbocycles. The SMILES string of the molecule is CCNC(=O)SCCOc1ccc(Oc2cccc(F)c2)cc1. The molecule has 0 aromatic heterocycles. The maximum Gasteiger partial charge on any atom is 0.279 e. The monoisotopic (exact) mass is 335 g/mol. The molecule has 0 aliphatic carbocycles. The number of amides is 1. The fourth-order valence-electron chi connectivity index (χ4n) is 1.76. The van der Waals surface area contributed by atoms with Gasteiger partial charge in [-0.2, -0.15) is 0 Å². The van der Waals surface area contributed by atoms with Crippen LogP contribution in [0.2, 0.25) is 0 Å². The lowest BCUT2D eigenvalue weighted by atomic mass is 10.3. The molecule has 0 saturated heterocycles. The number of nitrogens with one attached hydrogen (secondary N) is 1. The highest BCUT2D eigenvalue weighted by Gasteiger charge is 2.02. The van der Waals surface area contributed by atoms with Crippen LogP contribution in [0.1, 0.15) is 6.92 Å². The lowest BCUT2D eigenvalue weighted by molar-refractivity contribution is 0.261. The van der Waals surface area contributed by atoms with Gasteiger partial charge >= 0.3 is 0 Å². The number of halogens is 1. The third-order valence-electron chi connectivity index (χ3n) is 2.76. The van der Waals surface area contributed by atoms with Crippen LogP contribution >= 0.6 is 11.8 Å². The number of benzene rings is 2. The van der Waals surface area contributed by atoms with E-state index >= 15 is 0 Å². The summed E-state index contributed by atoms with van der Waals surface area (Å²) in [5.41, 5.74) is 0. The Bertz CT molecular complexity index is 634. The molecule has 0 radical (unpaired) electrons. The minimum absolute atomic E-state index is 0.0464.